The van der Waals surface area contributed by atoms with Gasteiger partial charge in [-0.25, -0.2) is 0 Å². The Morgan fingerprint density at radius 1 is 0.596 bits per heavy atom. The molecule has 0 spiro atoms. The molecule has 0 saturated carbocycles. The monoisotopic (exact) mass is 921 g/mol. The summed E-state index contributed by atoms with van der Waals surface area (Å²) in [5.74, 6) is 0. The number of hydrogen-bond acceptors (Lipinski definition) is 6. The summed E-state index contributed by atoms with van der Waals surface area (Å²) in [5.41, 5.74) is 14.3. The second-order valence-corrected chi connectivity index (χ2v) is 14.3. The van der Waals surface area contributed by atoms with Crippen molar-refractivity contribution >= 4 is 56.1 Å². The van der Waals surface area contributed by atoms with E-state index >= 15 is 0 Å². The van der Waals surface area contributed by atoms with Gasteiger partial charge in [0.05, 0.1) is 5.58 Å². The third-order valence-corrected chi connectivity index (χ3v) is 10.6. The number of benzene rings is 6. The van der Waals surface area contributed by atoms with Gasteiger partial charge in [-0.1, -0.05) is 72.0 Å². The van der Waals surface area contributed by atoms with E-state index in [2.05, 4.69) is 162 Å². The van der Waals surface area contributed by atoms with E-state index in [0.29, 0.717) is 0 Å². The first-order valence-electron chi connectivity index (χ1n) is 19.2. The molecule has 57 heavy (non-hydrogen) atoms. The molecule has 10 rings (SSSR count). The maximum Gasteiger partial charge on any atom is 0.120 e. The molecule has 6 nitrogen and oxygen atoms in total. The predicted molar refractivity (Wildman–Crippen MR) is 230 cm³/mol. The number of unbranched alkanes of at least 4 members (excludes halogenated alkanes) is 1. The van der Waals surface area contributed by atoms with E-state index in [-0.39, 0.29) is 20.1 Å². The van der Waals surface area contributed by atoms with Gasteiger partial charge in [0.15, 0.2) is 0 Å². The van der Waals surface area contributed by atoms with Crippen molar-refractivity contribution in [1.29, 1.82) is 0 Å². The molecule has 6 aromatic carbocycles. The third kappa shape index (κ3) is 7.53. The maximum atomic E-state index is 6.12. The van der Waals surface area contributed by atoms with Crippen LogP contribution in [-0.2, 0) is 20.1 Å². The zero-order chi connectivity index (χ0) is 38.0. The minimum absolute atomic E-state index is 0. The van der Waals surface area contributed by atoms with E-state index in [9.17, 15) is 0 Å². The van der Waals surface area contributed by atoms with Crippen LogP contribution in [0.15, 0.2) is 144 Å². The maximum absolute atomic E-state index is 6.12. The van der Waals surface area contributed by atoms with Gasteiger partial charge in [-0.05, 0) is 81.4 Å². The summed E-state index contributed by atoms with van der Waals surface area (Å²) in [4.78, 5) is 13.8. The van der Waals surface area contributed by atoms with Crippen molar-refractivity contribution in [2.75, 3.05) is 32.7 Å². The number of aryl methyl sites for hydroxylation is 3. The van der Waals surface area contributed by atoms with E-state index in [1.54, 1.807) is 0 Å². The normalized spacial score (nSPS) is 13.0. The Morgan fingerprint density at radius 2 is 1.14 bits per heavy atom. The fraction of sp³-hybridized carbons (Fsp3) is 0.140. The Balaban J connectivity index is 0.000000171. The minimum Gasteiger partial charge on any atom is -0.501 e. The van der Waals surface area contributed by atoms with Crippen LogP contribution in [0, 0.1) is 52.3 Å². The number of furan rings is 1. The summed E-state index contributed by atoms with van der Waals surface area (Å²) in [6.07, 6.45) is 4.11. The number of rotatable bonds is 8. The van der Waals surface area contributed by atoms with Crippen molar-refractivity contribution in [1.82, 2.24) is 4.98 Å². The fourth-order valence-corrected chi connectivity index (χ4v) is 7.60. The van der Waals surface area contributed by atoms with E-state index in [0.717, 1.165) is 70.5 Å². The van der Waals surface area contributed by atoms with Gasteiger partial charge in [0.25, 0.3) is 0 Å². The average Bonchev–Trinajstić information content (AvgIpc) is 3.94. The molecule has 0 fully saturated rings. The number of hydrogen-bond donors (Lipinski definition) is 0. The summed E-state index contributed by atoms with van der Waals surface area (Å²) < 4.78 is 6.12. The Morgan fingerprint density at radius 3 is 1.70 bits per heavy atom. The van der Waals surface area contributed by atoms with Crippen LogP contribution >= 0.6 is 0 Å². The molecule has 4 heterocycles. The van der Waals surface area contributed by atoms with Crippen LogP contribution in [0.5, 0.6) is 0 Å². The van der Waals surface area contributed by atoms with E-state index in [1.165, 1.54) is 39.4 Å². The van der Waals surface area contributed by atoms with Crippen LogP contribution in [0.4, 0.5) is 34.1 Å². The summed E-state index contributed by atoms with van der Waals surface area (Å²) in [6, 6.07) is 55.8. The van der Waals surface area contributed by atoms with Crippen molar-refractivity contribution in [3.8, 4) is 11.3 Å². The van der Waals surface area contributed by atoms with Gasteiger partial charge < -0.3 is 29.0 Å². The first-order valence-corrected chi connectivity index (χ1v) is 19.2. The van der Waals surface area contributed by atoms with E-state index < -0.39 is 0 Å². The molecule has 2 aliphatic heterocycles. The van der Waals surface area contributed by atoms with Gasteiger partial charge in [-0.15, -0.1) is 29.1 Å². The van der Waals surface area contributed by atoms with Crippen molar-refractivity contribution in [3.05, 3.63) is 188 Å². The number of pyridine rings is 1. The summed E-state index contributed by atoms with van der Waals surface area (Å²) >= 11 is 0. The SMILES string of the molecule is Cc1cnc(-c2[c-]cc(C)c3c2oc2ccccc23)cc1C.[Ir].[c-]1ccccc1N1[CH-]N(CCCCN2[CH-]N(c3[c-]cccc3)c3ccccc32)c2ccccc21. The van der Waals surface area contributed by atoms with Gasteiger partial charge in [0, 0.05) is 54.4 Å². The summed E-state index contributed by atoms with van der Waals surface area (Å²) in [7, 11) is 0. The predicted octanol–water partition coefficient (Wildman–Crippen LogP) is 12.3. The molecule has 0 saturated heterocycles. The van der Waals surface area contributed by atoms with Crippen molar-refractivity contribution in [2.24, 2.45) is 0 Å². The average molecular weight is 921 g/mol. The number of aromatic nitrogens is 1. The van der Waals surface area contributed by atoms with Gasteiger partial charge in [-0.3, -0.25) is 0 Å². The van der Waals surface area contributed by atoms with E-state index in [4.69, 9.17) is 4.42 Å². The van der Waals surface area contributed by atoms with Gasteiger partial charge >= 0.3 is 0 Å². The Labute approximate surface area is 349 Å². The molecule has 0 atom stereocenters. The second kappa shape index (κ2) is 16.7. The molecule has 7 heteroatoms. The van der Waals surface area contributed by atoms with E-state index in [1.807, 2.05) is 54.7 Å². The summed E-state index contributed by atoms with van der Waals surface area (Å²) in [5, 5.41) is 2.30. The molecule has 1 radical (unpaired) electrons. The molecule has 2 aliphatic rings. The number of para-hydroxylation sites is 7. The smallest absolute Gasteiger partial charge is 0.120 e. The molecule has 0 bridgehead atoms. The zero-order valence-electron chi connectivity index (χ0n) is 32.2. The van der Waals surface area contributed by atoms with Crippen LogP contribution < -0.4 is 19.6 Å². The summed E-state index contributed by atoms with van der Waals surface area (Å²) in [6.45, 7) is 12.6. The molecule has 287 valence electrons. The van der Waals surface area contributed by atoms with Gasteiger partial charge in [0.1, 0.15) is 5.58 Å². The van der Waals surface area contributed by atoms with Crippen molar-refractivity contribution in [2.45, 2.75) is 33.6 Å². The van der Waals surface area contributed by atoms with Crippen LogP contribution in [0.1, 0.15) is 29.5 Å². The van der Waals surface area contributed by atoms with Gasteiger partial charge in [-0.2, -0.15) is 74.0 Å². The molecular formula is C50H42IrN5O-5. The Hall–Kier alpha value is -5.88. The largest absolute Gasteiger partial charge is 0.501 e. The first kappa shape index (κ1) is 38.0. The van der Waals surface area contributed by atoms with Crippen molar-refractivity contribution in [3.63, 3.8) is 0 Å². The van der Waals surface area contributed by atoms with Crippen LogP contribution in [-0.4, -0.2) is 18.1 Å². The topological polar surface area (TPSA) is 39.0 Å². The molecule has 0 N–H and O–H groups in total. The standard InChI is InChI=1S/C30H26N4.C20H16NO.Ir/c1-3-13-25(14-4-1)33-23-31(27-17-7-9-19-29(27)33)21-11-12-22-32-24-34(26-15-5-2-6-16-26)30-20-10-8-18-28(30)32;1-12-8-9-15(17-10-13(2)14(3)11-21-17)20-19(12)16-6-4-5-7-18(16)22-20;/h1-10,13,15,17-20,23-24H,11-12,21-22H2;4-8,10-11H,1-3H3;/q-4;-1;. The molecule has 8 aromatic rings. The number of anilines is 6. The first-order chi connectivity index (χ1) is 27.5. The quantitative estimate of drug-likeness (QED) is 0.112. The van der Waals surface area contributed by atoms with Crippen molar-refractivity contribution < 1.29 is 24.5 Å². The molecule has 0 unspecified atom stereocenters. The minimum atomic E-state index is 0. The molecular weight excluding hydrogens is 879 g/mol. The fourth-order valence-electron chi connectivity index (χ4n) is 7.60. The second-order valence-electron chi connectivity index (χ2n) is 14.3. The van der Waals surface area contributed by atoms with Gasteiger partial charge in [0.2, 0.25) is 0 Å². The number of fused-ring (bicyclic) bond motifs is 5. The van der Waals surface area contributed by atoms with Crippen LogP contribution in [0.25, 0.3) is 33.2 Å². The molecule has 2 aromatic heterocycles. The Kier molecular flexibility index (Phi) is 11.1. The third-order valence-electron chi connectivity index (χ3n) is 10.6. The molecule has 0 amide bonds. The number of nitrogens with zero attached hydrogens (tertiary/aromatic N) is 5. The molecule has 0 aliphatic carbocycles. The Bertz CT molecular complexity index is 2530. The van der Waals surface area contributed by atoms with Crippen LogP contribution in [0.2, 0.25) is 0 Å². The zero-order valence-corrected chi connectivity index (χ0v) is 34.6. The van der Waals surface area contributed by atoms with Crippen LogP contribution in [0.3, 0.4) is 0 Å².